The second-order valence-corrected chi connectivity index (χ2v) is 4.00. The highest BCUT2D eigenvalue weighted by Crippen LogP contribution is 2.05. The fourth-order valence-corrected chi connectivity index (χ4v) is 1.87. The third-order valence-corrected chi connectivity index (χ3v) is 2.89. The van der Waals surface area contributed by atoms with Crippen LogP contribution >= 0.6 is 0 Å². The minimum Gasteiger partial charge on any atom is -0.211 e. The lowest BCUT2D eigenvalue weighted by Gasteiger charge is -2.02. The average Bonchev–Trinajstić information content (AvgIpc) is 2.06. The summed E-state index contributed by atoms with van der Waals surface area (Å²) in [5.74, 6) is 0. The van der Waals surface area contributed by atoms with Gasteiger partial charge in [-0.3, -0.25) is 0 Å². The summed E-state index contributed by atoms with van der Waals surface area (Å²) in [7, 11) is -3.28. The van der Waals surface area contributed by atoms with E-state index >= 15 is 0 Å². The standard InChI is InChI=1S/C8H10NO2S/c1-2-9-12(10,11)8-6-4-3-5-7-8/h4-7,9H,2H2,1H3. The Hall–Kier alpha value is -0.870. The highest BCUT2D eigenvalue weighted by atomic mass is 32.2. The lowest BCUT2D eigenvalue weighted by Crippen LogP contribution is -2.22. The Morgan fingerprint density at radius 2 is 2.00 bits per heavy atom. The largest absolute Gasteiger partial charge is 0.240 e. The predicted octanol–water partition coefficient (Wildman–Crippen LogP) is 0.785. The second kappa shape index (κ2) is 3.69. The molecule has 1 aromatic carbocycles. The van der Waals surface area contributed by atoms with Gasteiger partial charge in [-0.25, -0.2) is 13.1 Å². The lowest BCUT2D eigenvalue weighted by molar-refractivity contribution is 0.584. The molecule has 0 aromatic heterocycles. The minimum absolute atomic E-state index is 0.281. The normalized spacial score (nSPS) is 11.4. The van der Waals surface area contributed by atoms with Crippen molar-refractivity contribution in [1.29, 1.82) is 0 Å². The smallest absolute Gasteiger partial charge is 0.211 e. The van der Waals surface area contributed by atoms with Crippen LogP contribution in [0.4, 0.5) is 0 Å². The number of rotatable bonds is 3. The van der Waals surface area contributed by atoms with Crippen LogP contribution in [0.3, 0.4) is 0 Å². The predicted molar refractivity (Wildman–Crippen MR) is 46.1 cm³/mol. The summed E-state index contributed by atoms with van der Waals surface area (Å²) < 4.78 is 25.0. The van der Waals surface area contributed by atoms with Crippen molar-refractivity contribution < 1.29 is 8.42 Å². The van der Waals surface area contributed by atoms with E-state index in [4.69, 9.17) is 0 Å². The summed E-state index contributed by atoms with van der Waals surface area (Å²) >= 11 is 0. The van der Waals surface area contributed by atoms with Gasteiger partial charge in [0.1, 0.15) is 0 Å². The van der Waals surface area contributed by atoms with Crippen LogP contribution in [-0.2, 0) is 10.0 Å². The molecule has 0 aliphatic carbocycles. The van der Waals surface area contributed by atoms with Gasteiger partial charge >= 0.3 is 0 Å². The Morgan fingerprint density at radius 1 is 1.42 bits per heavy atom. The van der Waals surface area contributed by atoms with Gasteiger partial charge in [-0.1, -0.05) is 19.1 Å². The van der Waals surface area contributed by atoms with E-state index in [0.717, 1.165) is 0 Å². The van der Waals surface area contributed by atoms with E-state index in [1.807, 2.05) is 0 Å². The zero-order valence-corrected chi connectivity index (χ0v) is 7.56. The molecule has 0 heterocycles. The number of hydrogen-bond donors (Lipinski definition) is 1. The van der Waals surface area contributed by atoms with E-state index in [-0.39, 0.29) is 4.90 Å². The van der Waals surface area contributed by atoms with Gasteiger partial charge in [-0.15, -0.1) is 0 Å². The molecule has 0 saturated heterocycles. The molecule has 0 amide bonds. The summed E-state index contributed by atoms with van der Waals surface area (Å²) in [6, 6.07) is 8.93. The molecule has 1 aromatic rings. The van der Waals surface area contributed by atoms with E-state index in [0.29, 0.717) is 6.54 Å². The van der Waals surface area contributed by atoms with Crippen LogP contribution in [0.2, 0.25) is 0 Å². The summed E-state index contributed by atoms with van der Waals surface area (Å²) in [5.41, 5.74) is 0. The van der Waals surface area contributed by atoms with Gasteiger partial charge in [0.25, 0.3) is 0 Å². The lowest BCUT2D eigenvalue weighted by atomic mass is 10.4. The summed E-state index contributed by atoms with van der Waals surface area (Å²) in [6.45, 7) is 2.15. The zero-order valence-electron chi connectivity index (χ0n) is 6.74. The monoisotopic (exact) mass is 184 g/mol. The van der Waals surface area contributed by atoms with Crippen LogP contribution in [-0.4, -0.2) is 15.0 Å². The fraction of sp³-hybridized carbons (Fsp3) is 0.250. The van der Waals surface area contributed by atoms with Gasteiger partial charge in [-0.2, -0.15) is 0 Å². The maximum atomic E-state index is 11.3. The van der Waals surface area contributed by atoms with Crippen LogP contribution < -0.4 is 4.72 Å². The first kappa shape index (κ1) is 9.22. The molecule has 0 bridgehead atoms. The number of nitrogens with one attached hydrogen (secondary N) is 1. The first-order chi connectivity index (χ1) is 5.67. The molecule has 1 N–H and O–H groups in total. The van der Waals surface area contributed by atoms with Gasteiger partial charge in [-0.05, 0) is 18.2 Å². The average molecular weight is 184 g/mol. The van der Waals surface area contributed by atoms with Crippen molar-refractivity contribution in [2.45, 2.75) is 11.8 Å². The van der Waals surface area contributed by atoms with Crippen molar-refractivity contribution in [3.8, 4) is 0 Å². The molecule has 1 radical (unpaired) electrons. The Kier molecular flexibility index (Phi) is 2.83. The van der Waals surface area contributed by atoms with Crippen LogP contribution in [0, 0.1) is 6.07 Å². The fourth-order valence-electron chi connectivity index (χ4n) is 0.824. The molecule has 0 aliphatic rings. The molecular weight excluding hydrogens is 174 g/mol. The molecular formula is C8H10NO2S. The van der Waals surface area contributed by atoms with Crippen molar-refractivity contribution in [2.75, 3.05) is 6.54 Å². The maximum absolute atomic E-state index is 11.3. The van der Waals surface area contributed by atoms with E-state index in [1.165, 1.54) is 12.1 Å². The summed E-state index contributed by atoms with van der Waals surface area (Å²) in [4.78, 5) is 0.281. The molecule has 65 valence electrons. The first-order valence-electron chi connectivity index (χ1n) is 3.62. The van der Waals surface area contributed by atoms with Crippen molar-refractivity contribution >= 4 is 10.0 Å². The zero-order chi connectivity index (χ0) is 9.03. The molecule has 12 heavy (non-hydrogen) atoms. The van der Waals surface area contributed by atoms with Gasteiger partial charge in [0.15, 0.2) is 0 Å². The molecule has 0 fully saturated rings. The quantitative estimate of drug-likeness (QED) is 0.754. The van der Waals surface area contributed by atoms with Crippen molar-refractivity contribution in [2.24, 2.45) is 0 Å². The SMILES string of the molecule is CCNS(=O)(=O)c1cc[c]cc1. The van der Waals surface area contributed by atoms with Crippen LogP contribution in [0.1, 0.15) is 6.92 Å². The minimum atomic E-state index is -3.28. The van der Waals surface area contributed by atoms with Crippen LogP contribution in [0.5, 0.6) is 0 Å². The Morgan fingerprint density at radius 3 is 2.50 bits per heavy atom. The highest BCUT2D eigenvalue weighted by molar-refractivity contribution is 7.89. The topological polar surface area (TPSA) is 46.2 Å². The van der Waals surface area contributed by atoms with Gasteiger partial charge in [0.2, 0.25) is 10.0 Å². The van der Waals surface area contributed by atoms with Gasteiger partial charge in [0, 0.05) is 6.54 Å². The molecule has 4 heteroatoms. The summed E-state index contributed by atoms with van der Waals surface area (Å²) in [6.07, 6.45) is 0. The highest BCUT2D eigenvalue weighted by Gasteiger charge is 2.10. The van der Waals surface area contributed by atoms with E-state index in [9.17, 15) is 8.42 Å². The summed E-state index contributed by atoms with van der Waals surface area (Å²) in [5, 5.41) is 0. The van der Waals surface area contributed by atoms with E-state index in [2.05, 4.69) is 10.8 Å². The molecule has 3 nitrogen and oxygen atoms in total. The molecule has 0 atom stereocenters. The van der Waals surface area contributed by atoms with E-state index in [1.54, 1.807) is 19.1 Å². The molecule has 0 saturated carbocycles. The molecule has 0 unspecified atom stereocenters. The third-order valence-electron chi connectivity index (χ3n) is 1.33. The number of hydrogen-bond acceptors (Lipinski definition) is 2. The Bertz CT molecular complexity index is 331. The van der Waals surface area contributed by atoms with Crippen molar-refractivity contribution in [3.63, 3.8) is 0 Å². The number of sulfonamides is 1. The van der Waals surface area contributed by atoms with Crippen LogP contribution in [0.25, 0.3) is 0 Å². The number of benzene rings is 1. The van der Waals surface area contributed by atoms with Gasteiger partial charge < -0.3 is 0 Å². The van der Waals surface area contributed by atoms with Crippen molar-refractivity contribution in [1.82, 2.24) is 4.72 Å². The molecule has 0 spiro atoms. The van der Waals surface area contributed by atoms with Crippen LogP contribution in [0.15, 0.2) is 29.2 Å². The Balaban J connectivity index is 2.99. The Labute approximate surface area is 72.5 Å². The van der Waals surface area contributed by atoms with Crippen molar-refractivity contribution in [3.05, 3.63) is 30.3 Å². The molecule has 0 aliphatic heterocycles. The maximum Gasteiger partial charge on any atom is 0.240 e. The molecule has 1 rings (SSSR count). The first-order valence-corrected chi connectivity index (χ1v) is 5.11. The van der Waals surface area contributed by atoms with Gasteiger partial charge in [0.05, 0.1) is 4.90 Å². The second-order valence-electron chi connectivity index (χ2n) is 2.24. The third kappa shape index (κ3) is 2.06. The van der Waals surface area contributed by atoms with E-state index < -0.39 is 10.0 Å².